The predicted molar refractivity (Wildman–Crippen MR) is 82.4 cm³/mol. The minimum absolute atomic E-state index is 0.455. The zero-order chi connectivity index (χ0) is 14.1. The molecule has 4 aliphatic carbocycles. The first-order chi connectivity index (χ1) is 9.63. The summed E-state index contributed by atoms with van der Waals surface area (Å²) in [6.45, 7) is 0. The van der Waals surface area contributed by atoms with E-state index in [0.717, 1.165) is 41.3 Å². The molecule has 0 atom stereocenters. The molecule has 1 N–H and O–H groups in total. The largest absolute Gasteiger partial charge is 0.478 e. The van der Waals surface area contributed by atoms with Crippen LogP contribution in [0.15, 0.2) is 40.9 Å². The molecule has 0 heterocycles. The molecule has 6 rings (SSSR count). The van der Waals surface area contributed by atoms with Crippen molar-refractivity contribution in [2.45, 2.75) is 25.7 Å². The molecule has 4 aliphatic rings. The van der Waals surface area contributed by atoms with Crippen LogP contribution >= 0.6 is 15.9 Å². The Labute approximate surface area is 126 Å². The van der Waals surface area contributed by atoms with Crippen LogP contribution in [-0.4, -0.2) is 11.1 Å². The first-order valence-electron chi connectivity index (χ1n) is 6.76. The summed E-state index contributed by atoms with van der Waals surface area (Å²) < 4.78 is 1.16. The minimum atomic E-state index is -0.825. The third-order valence-corrected chi connectivity index (χ3v) is 4.63. The highest BCUT2D eigenvalue weighted by Gasteiger charge is 2.13. The molecule has 0 aliphatic heterocycles. The maximum absolute atomic E-state index is 11.4. The van der Waals surface area contributed by atoms with Crippen molar-refractivity contribution in [3.05, 3.63) is 68.7 Å². The van der Waals surface area contributed by atoms with E-state index in [4.69, 9.17) is 0 Å². The van der Waals surface area contributed by atoms with Crippen LogP contribution in [0, 0.1) is 0 Å². The van der Waals surface area contributed by atoms with Crippen LogP contribution in [0.2, 0.25) is 0 Å². The zero-order valence-electron chi connectivity index (χ0n) is 11.0. The quantitative estimate of drug-likeness (QED) is 0.857. The summed E-state index contributed by atoms with van der Waals surface area (Å²) in [5, 5.41) is 9.36. The topological polar surface area (TPSA) is 37.3 Å². The van der Waals surface area contributed by atoms with E-state index in [-0.39, 0.29) is 0 Å². The monoisotopic (exact) mass is 330 g/mol. The standard InChI is InChI=1S/C17H15BrO2/c18-16-10-12-2-6-13-5-1-11(9-15(13)17(19)20)3-7-14(16)8-4-12/h1,4-5,8-10H,2-3,6-7H2,(H,19,20). The highest BCUT2D eigenvalue weighted by atomic mass is 79.9. The lowest BCUT2D eigenvalue weighted by Crippen LogP contribution is -2.07. The van der Waals surface area contributed by atoms with Gasteiger partial charge in [-0.25, -0.2) is 4.79 Å². The van der Waals surface area contributed by atoms with Gasteiger partial charge in [-0.3, -0.25) is 0 Å². The number of halogens is 1. The first-order valence-corrected chi connectivity index (χ1v) is 7.55. The van der Waals surface area contributed by atoms with Crippen molar-refractivity contribution in [1.29, 1.82) is 0 Å². The van der Waals surface area contributed by atoms with Gasteiger partial charge >= 0.3 is 5.97 Å². The van der Waals surface area contributed by atoms with Gasteiger partial charge in [0, 0.05) is 4.47 Å². The number of hydrogen-bond acceptors (Lipinski definition) is 1. The molecule has 20 heavy (non-hydrogen) atoms. The summed E-state index contributed by atoms with van der Waals surface area (Å²) in [5.41, 5.74) is 4.97. The van der Waals surface area contributed by atoms with E-state index in [1.165, 1.54) is 11.1 Å². The molecule has 0 spiro atoms. The van der Waals surface area contributed by atoms with Crippen LogP contribution in [0.25, 0.3) is 0 Å². The summed E-state index contributed by atoms with van der Waals surface area (Å²) in [5.74, 6) is -0.825. The third kappa shape index (κ3) is 2.63. The van der Waals surface area contributed by atoms with Gasteiger partial charge in [0.05, 0.1) is 5.56 Å². The Balaban J connectivity index is 2.05. The number of carboxylic acid groups (broad SMARTS) is 1. The highest BCUT2D eigenvalue weighted by Crippen LogP contribution is 2.24. The second-order valence-corrected chi connectivity index (χ2v) is 6.08. The van der Waals surface area contributed by atoms with Gasteiger partial charge in [0.25, 0.3) is 0 Å². The molecule has 0 aromatic heterocycles. The van der Waals surface area contributed by atoms with Crippen molar-refractivity contribution in [1.82, 2.24) is 0 Å². The van der Waals surface area contributed by atoms with Crippen LogP contribution < -0.4 is 0 Å². The van der Waals surface area contributed by atoms with E-state index in [9.17, 15) is 9.90 Å². The molecule has 0 amide bonds. The molecule has 2 aromatic carbocycles. The van der Waals surface area contributed by atoms with Gasteiger partial charge in [-0.15, -0.1) is 0 Å². The van der Waals surface area contributed by atoms with Crippen LogP contribution in [0.3, 0.4) is 0 Å². The molecule has 0 unspecified atom stereocenters. The number of carbonyl (C=O) groups is 1. The Bertz CT molecular complexity index is 677. The smallest absolute Gasteiger partial charge is 0.335 e. The van der Waals surface area contributed by atoms with E-state index in [2.05, 4.69) is 40.2 Å². The van der Waals surface area contributed by atoms with Gasteiger partial charge in [0.2, 0.25) is 0 Å². The van der Waals surface area contributed by atoms with Crippen LogP contribution in [-0.2, 0) is 25.7 Å². The number of hydrogen-bond donors (Lipinski definition) is 1. The van der Waals surface area contributed by atoms with Gasteiger partial charge in [-0.2, -0.15) is 0 Å². The Morgan fingerprint density at radius 3 is 2.15 bits per heavy atom. The molecule has 2 aromatic rings. The average Bonchev–Trinajstić information content (AvgIpc) is 2.42. The lowest BCUT2D eigenvalue weighted by Gasteiger charge is -2.13. The van der Waals surface area contributed by atoms with E-state index >= 15 is 0 Å². The fourth-order valence-electron chi connectivity index (χ4n) is 2.70. The highest BCUT2D eigenvalue weighted by molar-refractivity contribution is 9.10. The van der Waals surface area contributed by atoms with E-state index in [1.54, 1.807) is 0 Å². The molecular formula is C17H15BrO2. The van der Waals surface area contributed by atoms with Crippen molar-refractivity contribution in [2.24, 2.45) is 0 Å². The molecule has 0 fully saturated rings. The second kappa shape index (κ2) is 5.41. The lowest BCUT2D eigenvalue weighted by atomic mass is 9.93. The summed E-state index contributed by atoms with van der Waals surface area (Å²) in [7, 11) is 0. The van der Waals surface area contributed by atoms with Crippen molar-refractivity contribution in [3.63, 3.8) is 0 Å². The normalized spacial score (nSPS) is 13.8. The van der Waals surface area contributed by atoms with Gasteiger partial charge in [0.15, 0.2) is 0 Å². The average molecular weight is 331 g/mol. The van der Waals surface area contributed by atoms with E-state index in [1.807, 2.05) is 12.1 Å². The molecular weight excluding hydrogens is 316 g/mol. The number of rotatable bonds is 1. The van der Waals surface area contributed by atoms with Gasteiger partial charge < -0.3 is 5.11 Å². The summed E-state index contributed by atoms with van der Waals surface area (Å²) >= 11 is 3.63. The Kier molecular flexibility index (Phi) is 3.62. The van der Waals surface area contributed by atoms with Gasteiger partial charge in [-0.1, -0.05) is 40.2 Å². The molecule has 2 nitrogen and oxygen atoms in total. The molecule has 3 heteroatoms. The van der Waals surface area contributed by atoms with Crippen molar-refractivity contribution < 1.29 is 9.90 Å². The maximum atomic E-state index is 11.4. The Hall–Kier alpha value is -1.61. The van der Waals surface area contributed by atoms with Crippen LogP contribution in [0.1, 0.15) is 32.6 Å². The summed E-state index contributed by atoms with van der Waals surface area (Å²) in [6, 6.07) is 12.3. The predicted octanol–water partition coefficient (Wildman–Crippen LogP) is 4.03. The fraction of sp³-hybridized carbons (Fsp3) is 0.235. The van der Waals surface area contributed by atoms with Crippen molar-refractivity contribution in [3.8, 4) is 0 Å². The summed E-state index contributed by atoms with van der Waals surface area (Å²) in [6.07, 6.45) is 3.39. The number of benzene rings is 2. The Morgan fingerprint density at radius 2 is 1.50 bits per heavy atom. The maximum Gasteiger partial charge on any atom is 0.335 e. The SMILES string of the molecule is O=C(O)c1cc2ccc1CCc1ccc(c(Br)c1)CC2. The summed E-state index contributed by atoms with van der Waals surface area (Å²) in [4.78, 5) is 11.4. The van der Waals surface area contributed by atoms with Crippen molar-refractivity contribution >= 4 is 21.9 Å². The number of carboxylic acids is 1. The van der Waals surface area contributed by atoms with Gasteiger partial charge in [0.1, 0.15) is 0 Å². The number of aryl methyl sites for hydroxylation is 4. The molecule has 4 bridgehead atoms. The van der Waals surface area contributed by atoms with Crippen LogP contribution in [0.4, 0.5) is 0 Å². The van der Waals surface area contributed by atoms with Crippen molar-refractivity contribution in [2.75, 3.05) is 0 Å². The fourth-order valence-corrected chi connectivity index (χ4v) is 3.33. The lowest BCUT2D eigenvalue weighted by molar-refractivity contribution is 0.0695. The number of aromatic carboxylic acids is 1. The van der Waals surface area contributed by atoms with E-state index in [0.29, 0.717) is 5.56 Å². The van der Waals surface area contributed by atoms with Gasteiger partial charge in [-0.05, 0) is 60.1 Å². The van der Waals surface area contributed by atoms with E-state index < -0.39 is 5.97 Å². The first kappa shape index (κ1) is 13.4. The Morgan fingerprint density at radius 1 is 0.900 bits per heavy atom. The molecule has 0 radical (unpaired) electrons. The third-order valence-electron chi connectivity index (χ3n) is 3.89. The zero-order valence-corrected chi connectivity index (χ0v) is 12.6. The second-order valence-electron chi connectivity index (χ2n) is 5.22. The van der Waals surface area contributed by atoms with Crippen LogP contribution in [0.5, 0.6) is 0 Å². The molecule has 102 valence electrons. The minimum Gasteiger partial charge on any atom is -0.478 e. The molecule has 0 saturated heterocycles. The molecule has 0 saturated carbocycles.